The fourth-order valence-corrected chi connectivity index (χ4v) is 2.13. The number of likely N-dealkylation sites (tertiary alicyclic amines) is 1. The summed E-state index contributed by atoms with van der Waals surface area (Å²) in [5, 5.41) is 6.56. The molecule has 0 bridgehead atoms. The number of carbonyl (C=O) groups is 1. The van der Waals surface area contributed by atoms with Crippen molar-refractivity contribution < 1.29 is 4.79 Å². The highest BCUT2D eigenvalue weighted by atomic mass is 127. The molecule has 116 valence electrons. The van der Waals surface area contributed by atoms with E-state index >= 15 is 0 Å². The second-order valence-electron chi connectivity index (χ2n) is 4.54. The lowest BCUT2D eigenvalue weighted by atomic mass is 10.3. The van der Waals surface area contributed by atoms with Gasteiger partial charge in [0.2, 0.25) is 5.91 Å². The fourth-order valence-electron chi connectivity index (χ4n) is 2.01. The van der Waals surface area contributed by atoms with Crippen molar-refractivity contribution in [2.45, 2.75) is 32.7 Å². The van der Waals surface area contributed by atoms with Crippen LogP contribution in [0.1, 0.15) is 26.7 Å². The van der Waals surface area contributed by atoms with E-state index in [1.165, 1.54) is 0 Å². The molecular formula is C13H24BrIN4O. The predicted octanol–water partition coefficient (Wildman–Crippen LogP) is 2.08. The van der Waals surface area contributed by atoms with Gasteiger partial charge in [0.05, 0.1) is 6.54 Å². The maximum Gasteiger partial charge on any atom is 0.222 e. The minimum atomic E-state index is 0. The maximum absolute atomic E-state index is 11.6. The van der Waals surface area contributed by atoms with Gasteiger partial charge in [0, 0.05) is 36.6 Å². The van der Waals surface area contributed by atoms with Gasteiger partial charge in [-0.25, -0.2) is 4.99 Å². The summed E-state index contributed by atoms with van der Waals surface area (Å²) in [7, 11) is 0. The van der Waals surface area contributed by atoms with Crippen LogP contribution in [0.4, 0.5) is 0 Å². The molecule has 0 aromatic carbocycles. The van der Waals surface area contributed by atoms with Gasteiger partial charge in [-0.15, -0.1) is 24.0 Å². The van der Waals surface area contributed by atoms with Crippen molar-refractivity contribution in [2.75, 3.05) is 26.2 Å². The largest absolute Gasteiger partial charge is 0.357 e. The second-order valence-corrected chi connectivity index (χ2v) is 5.66. The predicted molar refractivity (Wildman–Crippen MR) is 97.9 cm³/mol. The number of halogens is 2. The van der Waals surface area contributed by atoms with E-state index in [1.54, 1.807) is 0 Å². The van der Waals surface area contributed by atoms with Crippen molar-refractivity contribution >= 4 is 51.8 Å². The summed E-state index contributed by atoms with van der Waals surface area (Å²) >= 11 is 3.29. The Morgan fingerprint density at radius 2 is 2.20 bits per heavy atom. The second kappa shape index (κ2) is 10.4. The van der Waals surface area contributed by atoms with E-state index in [0.29, 0.717) is 13.0 Å². The SMILES string of the molecule is C=C(Br)CN=C(NCC)NC1CCN(C(=O)CC)C1.I. The van der Waals surface area contributed by atoms with E-state index in [1.807, 2.05) is 18.7 Å². The number of hydrogen-bond donors (Lipinski definition) is 2. The third kappa shape index (κ3) is 6.92. The highest BCUT2D eigenvalue weighted by Crippen LogP contribution is 2.10. The van der Waals surface area contributed by atoms with Crippen LogP contribution in [0.2, 0.25) is 0 Å². The molecule has 1 atom stereocenters. The number of carbonyl (C=O) groups excluding carboxylic acids is 1. The van der Waals surface area contributed by atoms with E-state index in [-0.39, 0.29) is 35.9 Å². The summed E-state index contributed by atoms with van der Waals surface area (Å²) in [5.41, 5.74) is 0. The lowest BCUT2D eigenvalue weighted by Gasteiger charge is -2.18. The summed E-state index contributed by atoms with van der Waals surface area (Å²) < 4.78 is 0.846. The van der Waals surface area contributed by atoms with E-state index in [0.717, 1.165) is 36.5 Å². The van der Waals surface area contributed by atoms with Gasteiger partial charge in [-0.3, -0.25) is 4.79 Å². The zero-order valence-electron chi connectivity index (χ0n) is 12.1. The quantitative estimate of drug-likeness (QED) is 0.376. The minimum absolute atomic E-state index is 0. The van der Waals surface area contributed by atoms with Crippen molar-refractivity contribution in [3.63, 3.8) is 0 Å². The van der Waals surface area contributed by atoms with Crippen LogP contribution >= 0.6 is 39.9 Å². The molecule has 0 spiro atoms. The van der Waals surface area contributed by atoms with E-state index < -0.39 is 0 Å². The Morgan fingerprint density at radius 1 is 1.50 bits per heavy atom. The van der Waals surface area contributed by atoms with Crippen LogP contribution in [-0.4, -0.2) is 49.0 Å². The molecule has 1 rings (SSSR count). The molecule has 1 amide bonds. The highest BCUT2D eigenvalue weighted by molar-refractivity contribution is 14.0. The molecule has 1 saturated heterocycles. The van der Waals surface area contributed by atoms with Gasteiger partial charge in [-0.1, -0.05) is 29.4 Å². The van der Waals surface area contributed by atoms with Crippen LogP contribution in [0.15, 0.2) is 16.1 Å². The number of guanidine groups is 1. The summed E-state index contributed by atoms with van der Waals surface area (Å²) in [6, 6.07) is 0.275. The zero-order chi connectivity index (χ0) is 14.3. The van der Waals surface area contributed by atoms with Crippen molar-refractivity contribution in [2.24, 2.45) is 4.99 Å². The number of rotatable bonds is 5. The third-order valence-electron chi connectivity index (χ3n) is 2.94. The molecule has 0 saturated carbocycles. The Morgan fingerprint density at radius 3 is 2.75 bits per heavy atom. The molecule has 1 heterocycles. The first-order chi connectivity index (χ1) is 9.06. The van der Waals surface area contributed by atoms with Crippen LogP contribution < -0.4 is 10.6 Å². The summed E-state index contributed by atoms with van der Waals surface area (Å²) in [4.78, 5) is 17.9. The Balaban J connectivity index is 0.00000361. The maximum atomic E-state index is 11.6. The van der Waals surface area contributed by atoms with Crippen LogP contribution in [0.25, 0.3) is 0 Å². The molecular weight excluding hydrogens is 435 g/mol. The molecule has 5 nitrogen and oxygen atoms in total. The monoisotopic (exact) mass is 458 g/mol. The van der Waals surface area contributed by atoms with Gasteiger partial charge in [-0.05, 0) is 13.3 Å². The number of hydrogen-bond acceptors (Lipinski definition) is 2. The Hall–Kier alpha value is -0.310. The van der Waals surface area contributed by atoms with E-state index in [9.17, 15) is 4.79 Å². The van der Waals surface area contributed by atoms with Gasteiger partial charge in [0.1, 0.15) is 0 Å². The summed E-state index contributed by atoms with van der Waals surface area (Å²) in [6.45, 7) is 10.6. The number of nitrogens with one attached hydrogen (secondary N) is 2. The first-order valence-corrected chi connectivity index (χ1v) is 7.52. The number of nitrogens with zero attached hydrogens (tertiary/aromatic N) is 2. The molecule has 1 aliphatic rings. The minimum Gasteiger partial charge on any atom is -0.357 e. The van der Waals surface area contributed by atoms with Crippen molar-refractivity contribution in [3.8, 4) is 0 Å². The molecule has 0 aromatic rings. The lowest BCUT2D eigenvalue weighted by Crippen LogP contribution is -2.45. The molecule has 1 aliphatic heterocycles. The van der Waals surface area contributed by atoms with Gasteiger partial charge < -0.3 is 15.5 Å². The standard InChI is InChI=1S/C13H23BrN4O.HI/c1-4-12(19)18-7-6-11(9-18)17-13(15-5-2)16-8-10(3)14;/h11H,3-9H2,1-2H3,(H2,15,16,17);1H. The topological polar surface area (TPSA) is 56.7 Å². The molecule has 1 unspecified atom stereocenters. The average Bonchev–Trinajstić information content (AvgIpc) is 2.83. The molecule has 0 aromatic heterocycles. The number of aliphatic imine (C=N–C) groups is 1. The molecule has 7 heteroatoms. The average molecular weight is 459 g/mol. The van der Waals surface area contributed by atoms with Crippen LogP contribution in [0.3, 0.4) is 0 Å². The van der Waals surface area contributed by atoms with Gasteiger partial charge in [-0.2, -0.15) is 0 Å². The van der Waals surface area contributed by atoms with Crippen molar-refractivity contribution in [1.82, 2.24) is 15.5 Å². The van der Waals surface area contributed by atoms with Gasteiger partial charge >= 0.3 is 0 Å². The van der Waals surface area contributed by atoms with Crippen LogP contribution in [-0.2, 0) is 4.79 Å². The fraction of sp³-hybridized carbons (Fsp3) is 0.692. The van der Waals surface area contributed by atoms with E-state index in [2.05, 4.69) is 38.1 Å². The molecule has 20 heavy (non-hydrogen) atoms. The van der Waals surface area contributed by atoms with Crippen molar-refractivity contribution in [1.29, 1.82) is 0 Å². The van der Waals surface area contributed by atoms with Crippen molar-refractivity contribution in [3.05, 3.63) is 11.1 Å². The molecule has 1 fully saturated rings. The van der Waals surface area contributed by atoms with Crippen LogP contribution in [0.5, 0.6) is 0 Å². The summed E-state index contributed by atoms with van der Waals surface area (Å²) in [5.74, 6) is 0.999. The smallest absolute Gasteiger partial charge is 0.222 e. The Labute approximate surface area is 146 Å². The molecule has 2 N–H and O–H groups in total. The Kier molecular flexibility index (Phi) is 10.3. The van der Waals surface area contributed by atoms with E-state index in [4.69, 9.17) is 0 Å². The van der Waals surface area contributed by atoms with Gasteiger partial charge in [0.15, 0.2) is 5.96 Å². The number of amides is 1. The molecule has 0 radical (unpaired) electrons. The zero-order valence-corrected chi connectivity index (χ0v) is 16.0. The molecule has 0 aliphatic carbocycles. The first-order valence-electron chi connectivity index (χ1n) is 6.72. The normalized spacial score (nSPS) is 18.4. The van der Waals surface area contributed by atoms with Crippen LogP contribution in [0, 0.1) is 0 Å². The van der Waals surface area contributed by atoms with Gasteiger partial charge in [0.25, 0.3) is 0 Å². The third-order valence-corrected chi connectivity index (χ3v) is 3.19. The first kappa shape index (κ1) is 19.7. The summed E-state index contributed by atoms with van der Waals surface area (Å²) in [6.07, 6.45) is 1.54. The highest BCUT2D eigenvalue weighted by Gasteiger charge is 2.25. The Bertz CT molecular complexity index is 362. The lowest BCUT2D eigenvalue weighted by molar-refractivity contribution is -0.129.